The first-order valence-corrected chi connectivity index (χ1v) is 13.1. The molecule has 0 spiro atoms. The molecule has 0 heterocycles. The van der Waals surface area contributed by atoms with Crippen molar-refractivity contribution in [3.63, 3.8) is 0 Å². The minimum Gasteiger partial charge on any atom is -0.510 e. The Labute approximate surface area is 235 Å². The maximum absolute atomic E-state index is 15.2. The standard InChI is InChI=1S/C30H32FN3O7/c1-33(2)12-13-5-7-19(31)16(9-13)15-6-8-20(35)22-17(15)10-14-11-18-24(34(3)4)26(37)23(29(32)40)28(39)30(18,41)27(38)21(14)25(22)36/h5-9,14,18,24,35,37-38,41H,10-12H2,1-4H3,(H2,32,40)/t14-,18-,24-,30-/m0/s1. The largest absolute Gasteiger partial charge is 0.510 e. The van der Waals surface area contributed by atoms with E-state index in [9.17, 15) is 34.8 Å². The summed E-state index contributed by atoms with van der Waals surface area (Å²) in [5.41, 5.74) is 3.18. The second kappa shape index (κ2) is 9.79. The van der Waals surface area contributed by atoms with Crippen molar-refractivity contribution >= 4 is 17.5 Å². The summed E-state index contributed by atoms with van der Waals surface area (Å²) in [6.45, 7) is 0.542. The Hall–Kier alpha value is -4.06. The van der Waals surface area contributed by atoms with Crippen LogP contribution in [0.4, 0.5) is 4.39 Å². The third kappa shape index (κ3) is 4.14. The fraction of sp³-hybridized carbons (Fsp3) is 0.367. The molecule has 0 unspecified atom stereocenters. The monoisotopic (exact) mass is 565 g/mol. The fourth-order valence-electron chi connectivity index (χ4n) is 6.75. The number of hydrogen-bond donors (Lipinski definition) is 5. The molecule has 216 valence electrons. The summed E-state index contributed by atoms with van der Waals surface area (Å²) in [7, 11) is 6.89. The Kier molecular flexibility index (Phi) is 6.80. The zero-order valence-electron chi connectivity index (χ0n) is 23.1. The lowest BCUT2D eigenvalue weighted by Crippen LogP contribution is -2.63. The molecule has 0 saturated heterocycles. The van der Waals surface area contributed by atoms with E-state index in [0.717, 1.165) is 5.56 Å². The van der Waals surface area contributed by atoms with Crippen LogP contribution >= 0.6 is 0 Å². The molecule has 1 amide bonds. The van der Waals surface area contributed by atoms with Gasteiger partial charge in [0.1, 0.15) is 28.7 Å². The summed E-state index contributed by atoms with van der Waals surface area (Å²) < 4.78 is 15.2. The Bertz CT molecular complexity index is 1580. The summed E-state index contributed by atoms with van der Waals surface area (Å²) in [5.74, 6) is -7.81. The number of amides is 1. The van der Waals surface area contributed by atoms with Crippen LogP contribution in [0, 0.1) is 17.7 Å². The molecule has 10 nitrogen and oxygen atoms in total. The average molecular weight is 566 g/mol. The number of carbonyl (C=O) groups is 3. The van der Waals surface area contributed by atoms with Crippen molar-refractivity contribution in [2.75, 3.05) is 28.2 Å². The summed E-state index contributed by atoms with van der Waals surface area (Å²) in [6, 6.07) is 6.40. The number of nitrogens with two attached hydrogens (primary N) is 1. The second-order valence-electron chi connectivity index (χ2n) is 11.5. The van der Waals surface area contributed by atoms with Gasteiger partial charge in [0.2, 0.25) is 5.78 Å². The van der Waals surface area contributed by atoms with Crippen LogP contribution in [0.1, 0.15) is 27.9 Å². The van der Waals surface area contributed by atoms with Crippen molar-refractivity contribution in [2.45, 2.75) is 31.0 Å². The van der Waals surface area contributed by atoms with Gasteiger partial charge in [-0.3, -0.25) is 19.3 Å². The summed E-state index contributed by atoms with van der Waals surface area (Å²) >= 11 is 0. The number of hydrogen-bond acceptors (Lipinski definition) is 9. The molecule has 4 atom stereocenters. The number of halogens is 1. The van der Waals surface area contributed by atoms with Gasteiger partial charge in [0.25, 0.3) is 5.91 Å². The number of benzene rings is 2. The van der Waals surface area contributed by atoms with Gasteiger partial charge in [0.15, 0.2) is 11.4 Å². The molecule has 5 rings (SSSR count). The molecular weight excluding hydrogens is 533 g/mol. The molecule has 0 bridgehead atoms. The van der Waals surface area contributed by atoms with Crippen molar-refractivity contribution in [1.29, 1.82) is 0 Å². The fourth-order valence-corrected chi connectivity index (χ4v) is 6.75. The lowest BCUT2D eigenvalue weighted by atomic mass is 9.58. The normalized spacial score (nSPS) is 25.9. The average Bonchev–Trinajstić information content (AvgIpc) is 2.87. The van der Waals surface area contributed by atoms with Crippen LogP contribution in [-0.2, 0) is 22.6 Å². The van der Waals surface area contributed by atoms with Gasteiger partial charge in [-0.05, 0) is 81.8 Å². The first-order valence-electron chi connectivity index (χ1n) is 13.1. The summed E-state index contributed by atoms with van der Waals surface area (Å²) in [4.78, 5) is 42.9. The maximum Gasteiger partial charge on any atom is 0.255 e. The molecule has 0 saturated carbocycles. The van der Waals surface area contributed by atoms with Gasteiger partial charge in [-0.25, -0.2) is 4.39 Å². The van der Waals surface area contributed by atoms with E-state index >= 15 is 4.39 Å². The van der Waals surface area contributed by atoms with Gasteiger partial charge >= 0.3 is 0 Å². The number of allylic oxidation sites excluding steroid dienone is 1. The molecule has 0 radical (unpaired) electrons. The van der Waals surface area contributed by atoms with E-state index in [1.54, 1.807) is 26.2 Å². The van der Waals surface area contributed by atoms with E-state index in [1.807, 2.05) is 19.0 Å². The maximum atomic E-state index is 15.2. The minimum absolute atomic E-state index is 0.0516. The molecule has 11 heteroatoms. The van der Waals surface area contributed by atoms with E-state index in [4.69, 9.17) is 5.73 Å². The van der Waals surface area contributed by atoms with Gasteiger partial charge in [-0.1, -0.05) is 12.1 Å². The van der Waals surface area contributed by atoms with Crippen molar-refractivity contribution in [2.24, 2.45) is 17.6 Å². The summed E-state index contributed by atoms with van der Waals surface area (Å²) in [5, 5.41) is 44.8. The van der Waals surface area contributed by atoms with Crippen molar-refractivity contribution in [1.82, 2.24) is 9.80 Å². The number of aliphatic hydroxyl groups is 3. The van der Waals surface area contributed by atoms with E-state index in [-0.39, 0.29) is 29.5 Å². The van der Waals surface area contributed by atoms with Crippen LogP contribution in [0.3, 0.4) is 0 Å². The third-order valence-electron chi connectivity index (χ3n) is 8.43. The van der Waals surface area contributed by atoms with Gasteiger partial charge in [0.05, 0.1) is 11.6 Å². The SMILES string of the molecule is CN(C)Cc1ccc(F)c(-c2ccc(O)c3c2C[C@H]2C[C@H]4[C@H](N(C)C)C(O)=C(C(N)=O)C(=O)[C@@]4(O)C(O)=C2C3=O)c1. The minimum atomic E-state index is -2.72. The number of fused-ring (bicyclic) bond motifs is 3. The molecule has 0 fully saturated rings. The highest BCUT2D eigenvalue weighted by Gasteiger charge is 2.63. The number of phenolic OH excluding ortho intramolecular Hbond substituents is 1. The second-order valence-corrected chi connectivity index (χ2v) is 11.5. The highest BCUT2D eigenvalue weighted by atomic mass is 19.1. The molecule has 0 aliphatic heterocycles. The number of likely N-dealkylation sites (N-methyl/N-ethyl adjacent to an activating group) is 1. The van der Waals surface area contributed by atoms with Crippen molar-refractivity contribution < 1.29 is 39.2 Å². The van der Waals surface area contributed by atoms with Gasteiger partial charge in [-0.15, -0.1) is 0 Å². The van der Waals surface area contributed by atoms with Gasteiger partial charge in [-0.2, -0.15) is 0 Å². The lowest BCUT2D eigenvalue weighted by molar-refractivity contribution is -0.148. The molecule has 6 N–H and O–H groups in total. The first-order chi connectivity index (χ1) is 19.2. The highest BCUT2D eigenvalue weighted by molar-refractivity contribution is 6.24. The zero-order valence-corrected chi connectivity index (χ0v) is 23.1. The Morgan fingerprint density at radius 2 is 1.76 bits per heavy atom. The van der Waals surface area contributed by atoms with Crippen LogP contribution in [0.25, 0.3) is 11.1 Å². The van der Waals surface area contributed by atoms with Crippen molar-refractivity contribution in [3.05, 3.63) is 75.5 Å². The number of carbonyl (C=O) groups excluding carboxylic acids is 3. The number of rotatable bonds is 5. The molecule has 3 aliphatic rings. The predicted molar refractivity (Wildman–Crippen MR) is 146 cm³/mol. The highest BCUT2D eigenvalue weighted by Crippen LogP contribution is 2.53. The number of primary amides is 1. The van der Waals surface area contributed by atoms with Crippen LogP contribution in [0.2, 0.25) is 0 Å². The number of aromatic hydroxyl groups is 1. The Balaban J connectivity index is 1.71. The van der Waals surface area contributed by atoms with Gasteiger partial charge in [0, 0.05) is 23.6 Å². The number of aliphatic hydroxyl groups excluding tert-OH is 2. The van der Waals surface area contributed by atoms with Crippen LogP contribution in [-0.4, -0.2) is 87.5 Å². The molecule has 3 aliphatic carbocycles. The molecule has 0 aromatic heterocycles. The Morgan fingerprint density at radius 1 is 1.07 bits per heavy atom. The van der Waals surface area contributed by atoms with Crippen LogP contribution < -0.4 is 5.73 Å². The first kappa shape index (κ1) is 28.5. The molecule has 2 aromatic carbocycles. The van der Waals surface area contributed by atoms with E-state index in [0.29, 0.717) is 17.7 Å². The third-order valence-corrected chi connectivity index (χ3v) is 8.43. The van der Waals surface area contributed by atoms with Crippen molar-refractivity contribution in [3.8, 4) is 16.9 Å². The molecule has 2 aromatic rings. The topological polar surface area (TPSA) is 165 Å². The van der Waals surface area contributed by atoms with E-state index in [1.165, 1.54) is 23.1 Å². The van der Waals surface area contributed by atoms with E-state index in [2.05, 4.69) is 0 Å². The van der Waals surface area contributed by atoms with Crippen LogP contribution in [0.15, 0.2) is 53.0 Å². The molecule has 41 heavy (non-hydrogen) atoms. The Morgan fingerprint density at radius 3 is 2.37 bits per heavy atom. The summed E-state index contributed by atoms with van der Waals surface area (Å²) in [6.07, 6.45) is 0.0135. The number of Topliss-reactive ketones (excluding diaryl/α,β-unsaturated/α-hetero) is 2. The van der Waals surface area contributed by atoms with Gasteiger partial charge < -0.3 is 31.1 Å². The predicted octanol–water partition coefficient (Wildman–Crippen LogP) is 1.99. The lowest BCUT2D eigenvalue weighted by Gasteiger charge is -2.50. The van der Waals surface area contributed by atoms with E-state index < -0.39 is 69.6 Å². The quantitative estimate of drug-likeness (QED) is 0.341. The number of phenols is 1. The molecular formula is C30H32FN3O7. The number of nitrogens with zero attached hydrogens (tertiary/aromatic N) is 2. The smallest absolute Gasteiger partial charge is 0.255 e. The number of ketones is 2. The van der Waals surface area contributed by atoms with Crippen LogP contribution in [0.5, 0.6) is 5.75 Å². The zero-order chi connectivity index (χ0) is 30.1.